The summed E-state index contributed by atoms with van der Waals surface area (Å²) in [7, 11) is 0. The van der Waals surface area contributed by atoms with Crippen LogP contribution in [0.15, 0.2) is 82.9 Å². The molecule has 3 N–H and O–H groups in total. The summed E-state index contributed by atoms with van der Waals surface area (Å²) in [6, 6.07) is 20.0. The highest BCUT2D eigenvalue weighted by molar-refractivity contribution is 7.98. The fraction of sp³-hybridized carbons (Fsp3) is 0.400. The van der Waals surface area contributed by atoms with Crippen LogP contribution in [0.3, 0.4) is 0 Å². The first kappa shape index (κ1) is 37.2. The highest BCUT2D eigenvalue weighted by atomic mass is 32.2. The van der Waals surface area contributed by atoms with Gasteiger partial charge in [0.1, 0.15) is 17.2 Å². The number of carbonyl (C=O) groups excluding carboxylic acids is 2. The second-order valence-corrected chi connectivity index (χ2v) is 13.3. The largest absolute Gasteiger partial charge is 0.494 e. The normalized spacial score (nSPS) is 17.0. The molecular weight excluding hydrogens is 651 g/mol. The summed E-state index contributed by atoms with van der Waals surface area (Å²) in [6.07, 6.45) is -0.840. The molecule has 260 valence electrons. The lowest BCUT2D eigenvalue weighted by Gasteiger charge is -2.31. The Morgan fingerprint density at radius 2 is 1.86 bits per heavy atom. The van der Waals surface area contributed by atoms with Gasteiger partial charge in [0, 0.05) is 59.2 Å². The van der Waals surface area contributed by atoms with Crippen LogP contribution in [-0.2, 0) is 24.8 Å². The summed E-state index contributed by atoms with van der Waals surface area (Å²) in [5, 5.41) is 12.9. The van der Waals surface area contributed by atoms with Crippen LogP contribution in [0.25, 0.3) is 10.4 Å². The van der Waals surface area contributed by atoms with Gasteiger partial charge in [-0.15, -0.1) is 0 Å². The van der Waals surface area contributed by atoms with E-state index in [-0.39, 0.29) is 36.9 Å². The molecule has 12 nitrogen and oxygen atoms in total. The molecule has 14 heteroatoms. The van der Waals surface area contributed by atoms with E-state index in [1.54, 1.807) is 93.2 Å². The molecule has 0 saturated heterocycles. The standard InChI is InChI=1S/C35H41FN6O6S/c1-34(2,3)48-30(44)17-18-35(33(45)41-38-19-22-49-23-24-9-13-26(36)14-10-24)31(28-7-4-5-8-29(28)40-42-37)47-32(39-35)25-11-15-27(16-12-25)46-21-6-20-43/h4-5,7-16,31,38,43H,6,17-23H2,1-3H3,(H,41,45)/t31-,35-/m0/s1. The van der Waals surface area contributed by atoms with Crippen LogP contribution in [0, 0.1) is 5.82 Å². The first-order valence-electron chi connectivity index (χ1n) is 15.9. The molecule has 0 bridgehead atoms. The van der Waals surface area contributed by atoms with E-state index in [4.69, 9.17) is 24.3 Å². The minimum Gasteiger partial charge on any atom is -0.494 e. The Labute approximate surface area is 289 Å². The van der Waals surface area contributed by atoms with Gasteiger partial charge in [0.05, 0.1) is 6.61 Å². The molecule has 3 aromatic carbocycles. The number of esters is 1. The number of halogens is 1. The van der Waals surface area contributed by atoms with Crippen molar-refractivity contribution in [3.05, 3.63) is 106 Å². The van der Waals surface area contributed by atoms with Crippen LogP contribution in [-0.4, -0.2) is 59.5 Å². The van der Waals surface area contributed by atoms with E-state index in [2.05, 4.69) is 20.9 Å². The van der Waals surface area contributed by atoms with Crippen molar-refractivity contribution in [2.24, 2.45) is 10.1 Å². The molecule has 1 aliphatic rings. The summed E-state index contributed by atoms with van der Waals surface area (Å²) in [5.41, 5.74) is 14.8. The summed E-state index contributed by atoms with van der Waals surface area (Å²) in [5.74, 6) is 0.665. The van der Waals surface area contributed by atoms with E-state index in [1.807, 2.05) is 0 Å². The summed E-state index contributed by atoms with van der Waals surface area (Å²) < 4.78 is 30.9. The number of thioether (sulfide) groups is 1. The van der Waals surface area contributed by atoms with Gasteiger partial charge in [-0.1, -0.05) is 41.5 Å². The fourth-order valence-electron chi connectivity index (χ4n) is 5.03. The van der Waals surface area contributed by atoms with Crippen molar-refractivity contribution in [3.63, 3.8) is 0 Å². The van der Waals surface area contributed by atoms with Crippen molar-refractivity contribution in [3.8, 4) is 5.75 Å². The average Bonchev–Trinajstić information content (AvgIpc) is 3.47. The minimum atomic E-state index is -1.68. The molecule has 3 aromatic rings. The molecule has 0 aromatic heterocycles. The number of nitrogens with zero attached hydrogens (tertiary/aromatic N) is 4. The number of hydrogen-bond acceptors (Lipinski definition) is 10. The van der Waals surface area contributed by atoms with Gasteiger partial charge in [0.15, 0.2) is 11.6 Å². The predicted molar refractivity (Wildman–Crippen MR) is 186 cm³/mol. The first-order chi connectivity index (χ1) is 23.5. The number of aliphatic hydroxyl groups is 1. The Morgan fingerprint density at radius 3 is 2.55 bits per heavy atom. The number of hydrogen-bond donors (Lipinski definition) is 3. The van der Waals surface area contributed by atoms with Gasteiger partial charge in [0.2, 0.25) is 5.90 Å². The molecule has 1 aliphatic heterocycles. The summed E-state index contributed by atoms with van der Waals surface area (Å²) in [4.78, 5) is 35.1. The van der Waals surface area contributed by atoms with Gasteiger partial charge in [0.25, 0.3) is 5.91 Å². The van der Waals surface area contributed by atoms with Crippen molar-refractivity contribution in [1.29, 1.82) is 0 Å². The van der Waals surface area contributed by atoms with E-state index < -0.39 is 29.1 Å². The van der Waals surface area contributed by atoms with Crippen LogP contribution in [0.4, 0.5) is 10.1 Å². The number of aliphatic imine (C=N–C) groups is 1. The topological polar surface area (TPSA) is 167 Å². The van der Waals surface area contributed by atoms with Gasteiger partial charge >= 0.3 is 5.97 Å². The van der Waals surface area contributed by atoms with Crippen LogP contribution < -0.4 is 15.6 Å². The van der Waals surface area contributed by atoms with Crippen molar-refractivity contribution in [1.82, 2.24) is 10.9 Å². The summed E-state index contributed by atoms with van der Waals surface area (Å²) >= 11 is 1.61. The maximum absolute atomic E-state index is 14.3. The molecule has 0 radical (unpaired) electrons. The molecule has 1 heterocycles. The molecule has 0 fully saturated rings. The smallest absolute Gasteiger partial charge is 0.306 e. The maximum atomic E-state index is 14.3. The number of ether oxygens (including phenoxy) is 3. The zero-order valence-electron chi connectivity index (χ0n) is 27.7. The number of azide groups is 1. The van der Waals surface area contributed by atoms with Gasteiger partial charge < -0.3 is 19.3 Å². The molecule has 49 heavy (non-hydrogen) atoms. The van der Waals surface area contributed by atoms with Crippen molar-refractivity contribution >= 4 is 35.2 Å². The Hall–Kier alpha value is -4.62. The quantitative estimate of drug-likeness (QED) is 0.0362. The van der Waals surface area contributed by atoms with Gasteiger partial charge in [-0.05, 0) is 74.7 Å². The van der Waals surface area contributed by atoms with Crippen molar-refractivity contribution in [2.75, 3.05) is 25.5 Å². The van der Waals surface area contributed by atoms with Crippen LogP contribution >= 0.6 is 11.8 Å². The monoisotopic (exact) mass is 692 g/mol. The highest BCUT2D eigenvalue weighted by Crippen LogP contribution is 2.46. The van der Waals surface area contributed by atoms with Crippen molar-refractivity contribution < 1.29 is 33.3 Å². The Bertz CT molecular complexity index is 1640. The number of aliphatic hydroxyl groups excluding tert-OH is 1. The lowest BCUT2D eigenvalue weighted by molar-refractivity contribution is -0.155. The molecule has 0 spiro atoms. The zero-order valence-corrected chi connectivity index (χ0v) is 28.5. The van der Waals surface area contributed by atoms with Crippen LogP contribution in [0.5, 0.6) is 5.75 Å². The minimum absolute atomic E-state index is 0.0125. The zero-order chi connectivity index (χ0) is 35.3. The van der Waals surface area contributed by atoms with E-state index in [1.165, 1.54) is 12.1 Å². The molecular formula is C35H41FN6O6S. The van der Waals surface area contributed by atoms with Gasteiger partial charge in [-0.3, -0.25) is 15.0 Å². The second-order valence-electron chi connectivity index (χ2n) is 12.2. The average molecular weight is 693 g/mol. The third-order valence-electron chi connectivity index (χ3n) is 7.29. The van der Waals surface area contributed by atoms with E-state index >= 15 is 0 Å². The SMILES string of the molecule is CC(C)(C)OC(=O)CC[C@]1(C(=O)NNCCSCc2ccc(F)cc2)N=C(c2ccc(OCCCO)cc2)O[C@H]1c1ccccc1N=[N+]=[N-]. The third-order valence-corrected chi connectivity index (χ3v) is 8.32. The molecule has 0 unspecified atom stereocenters. The van der Waals surface area contributed by atoms with Crippen LogP contribution in [0.1, 0.15) is 62.8 Å². The lowest BCUT2D eigenvalue weighted by atomic mass is 9.83. The maximum Gasteiger partial charge on any atom is 0.306 e. The number of nitrogens with one attached hydrogen (secondary N) is 2. The number of benzene rings is 3. The Morgan fingerprint density at radius 1 is 1.12 bits per heavy atom. The van der Waals surface area contributed by atoms with Crippen molar-refractivity contribution in [2.45, 2.75) is 63.0 Å². The first-order valence-corrected chi connectivity index (χ1v) is 17.0. The second kappa shape index (κ2) is 17.7. The van der Waals surface area contributed by atoms with E-state index in [0.717, 1.165) is 5.56 Å². The van der Waals surface area contributed by atoms with Crippen LogP contribution in [0.2, 0.25) is 0 Å². The van der Waals surface area contributed by atoms with Gasteiger partial charge in [-0.2, -0.15) is 11.8 Å². The fourth-order valence-corrected chi connectivity index (χ4v) is 5.84. The highest BCUT2D eigenvalue weighted by Gasteiger charge is 2.54. The predicted octanol–water partition coefficient (Wildman–Crippen LogP) is 6.46. The molecule has 4 rings (SSSR count). The third kappa shape index (κ3) is 10.7. The lowest BCUT2D eigenvalue weighted by Crippen LogP contribution is -2.53. The molecule has 0 saturated carbocycles. The molecule has 1 amide bonds. The Balaban J connectivity index is 1.62. The molecule has 2 atom stereocenters. The van der Waals surface area contributed by atoms with E-state index in [0.29, 0.717) is 48.0 Å². The number of amides is 1. The number of rotatable bonds is 17. The van der Waals surface area contributed by atoms with Gasteiger partial charge in [-0.25, -0.2) is 14.8 Å². The Kier molecular flexibility index (Phi) is 13.4. The van der Waals surface area contributed by atoms with E-state index in [9.17, 15) is 19.5 Å². The summed E-state index contributed by atoms with van der Waals surface area (Å²) in [6.45, 7) is 6.04. The number of carbonyl (C=O) groups is 2. The number of hydrazine groups is 1. The molecule has 0 aliphatic carbocycles.